The second kappa shape index (κ2) is 8.35. The molecule has 0 bridgehead atoms. The highest BCUT2D eigenvalue weighted by molar-refractivity contribution is 4.86. The summed E-state index contributed by atoms with van der Waals surface area (Å²) in [6.07, 6.45) is 10.6. The first-order valence-corrected chi connectivity index (χ1v) is 8.98. The van der Waals surface area contributed by atoms with E-state index in [1.54, 1.807) is 0 Å². The Kier molecular flexibility index (Phi) is 6.79. The highest BCUT2D eigenvalue weighted by atomic mass is 15.2. The van der Waals surface area contributed by atoms with E-state index in [4.69, 9.17) is 5.73 Å². The van der Waals surface area contributed by atoms with Crippen molar-refractivity contribution in [2.24, 2.45) is 5.73 Å². The minimum atomic E-state index is 0.472. The van der Waals surface area contributed by atoms with E-state index >= 15 is 0 Å². The molecular weight excluding hydrogens is 246 g/mol. The third-order valence-electron chi connectivity index (χ3n) is 5.40. The van der Waals surface area contributed by atoms with Gasteiger partial charge in [0.2, 0.25) is 0 Å². The van der Waals surface area contributed by atoms with Crippen molar-refractivity contribution < 1.29 is 0 Å². The number of likely N-dealkylation sites (tertiary alicyclic amines) is 1. The van der Waals surface area contributed by atoms with Gasteiger partial charge in [0.25, 0.3) is 0 Å². The van der Waals surface area contributed by atoms with Gasteiger partial charge < -0.3 is 10.6 Å². The monoisotopic (exact) mass is 281 g/mol. The molecule has 0 amide bonds. The van der Waals surface area contributed by atoms with Crippen molar-refractivity contribution in [3.8, 4) is 0 Å². The van der Waals surface area contributed by atoms with Crippen LogP contribution in [0.4, 0.5) is 0 Å². The Morgan fingerprint density at radius 2 is 1.65 bits per heavy atom. The molecule has 1 aliphatic carbocycles. The Morgan fingerprint density at radius 1 is 0.950 bits per heavy atom. The van der Waals surface area contributed by atoms with Gasteiger partial charge in [0.05, 0.1) is 0 Å². The highest BCUT2D eigenvalue weighted by Crippen LogP contribution is 2.27. The molecule has 1 saturated heterocycles. The van der Waals surface area contributed by atoms with Crippen molar-refractivity contribution in [3.63, 3.8) is 0 Å². The molecule has 0 aromatic heterocycles. The average Bonchev–Trinajstić information content (AvgIpc) is 2.71. The van der Waals surface area contributed by atoms with Crippen molar-refractivity contribution in [3.05, 3.63) is 0 Å². The van der Waals surface area contributed by atoms with Crippen LogP contribution in [0.1, 0.15) is 65.2 Å². The summed E-state index contributed by atoms with van der Waals surface area (Å²) in [5.74, 6) is 0. The minimum absolute atomic E-state index is 0.472. The third-order valence-corrected chi connectivity index (χ3v) is 5.40. The van der Waals surface area contributed by atoms with Crippen LogP contribution in [-0.4, -0.2) is 54.1 Å². The van der Waals surface area contributed by atoms with E-state index in [0.717, 1.165) is 12.1 Å². The lowest BCUT2D eigenvalue weighted by molar-refractivity contribution is 0.0901. The minimum Gasteiger partial charge on any atom is -0.328 e. The average molecular weight is 281 g/mol. The third kappa shape index (κ3) is 4.44. The van der Waals surface area contributed by atoms with Crippen LogP contribution in [0.15, 0.2) is 0 Å². The van der Waals surface area contributed by atoms with Gasteiger partial charge in [0.1, 0.15) is 0 Å². The Labute approximate surface area is 125 Å². The maximum absolute atomic E-state index is 6.09. The fourth-order valence-electron chi connectivity index (χ4n) is 4.14. The van der Waals surface area contributed by atoms with E-state index in [0.29, 0.717) is 6.04 Å². The van der Waals surface area contributed by atoms with E-state index in [9.17, 15) is 0 Å². The van der Waals surface area contributed by atoms with Gasteiger partial charge in [-0.05, 0) is 77.5 Å². The number of rotatable bonds is 5. The summed E-state index contributed by atoms with van der Waals surface area (Å²) < 4.78 is 0. The molecule has 0 aromatic rings. The molecule has 0 aromatic carbocycles. The second-order valence-electron chi connectivity index (χ2n) is 6.83. The van der Waals surface area contributed by atoms with E-state index in [1.807, 2.05) is 0 Å². The number of nitrogens with two attached hydrogens (primary N) is 1. The van der Waals surface area contributed by atoms with E-state index in [1.165, 1.54) is 77.5 Å². The molecule has 0 spiro atoms. The van der Waals surface area contributed by atoms with Crippen molar-refractivity contribution in [2.75, 3.05) is 26.2 Å². The summed E-state index contributed by atoms with van der Waals surface area (Å²) in [4.78, 5) is 5.49. The smallest absolute Gasteiger partial charge is 0.0111 e. The van der Waals surface area contributed by atoms with E-state index in [2.05, 4.69) is 23.6 Å². The van der Waals surface area contributed by atoms with Crippen molar-refractivity contribution in [1.29, 1.82) is 0 Å². The molecule has 2 N–H and O–H groups in total. The normalized spacial score (nSPS) is 33.3. The van der Waals surface area contributed by atoms with Crippen LogP contribution >= 0.6 is 0 Å². The summed E-state index contributed by atoms with van der Waals surface area (Å²) in [5, 5.41) is 0. The molecule has 118 valence electrons. The van der Waals surface area contributed by atoms with Crippen LogP contribution < -0.4 is 5.73 Å². The molecule has 2 rings (SSSR count). The zero-order valence-corrected chi connectivity index (χ0v) is 13.7. The lowest BCUT2D eigenvalue weighted by Crippen LogP contribution is -2.47. The predicted octanol–water partition coefficient (Wildman–Crippen LogP) is 2.84. The number of nitrogens with zero attached hydrogens (tertiary/aromatic N) is 2. The van der Waals surface area contributed by atoms with Gasteiger partial charge in [0.15, 0.2) is 0 Å². The van der Waals surface area contributed by atoms with Crippen LogP contribution in [0.2, 0.25) is 0 Å². The van der Waals surface area contributed by atoms with Gasteiger partial charge >= 0.3 is 0 Å². The molecule has 2 aliphatic rings. The van der Waals surface area contributed by atoms with Crippen LogP contribution in [-0.2, 0) is 0 Å². The first-order valence-electron chi connectivity index (χ1n) is 8.98. The van der Waals surface area contributed by atoms with Crippen LogP contribution in [0.5, 0.6) is 0 Å². The highest BCUT2D eigenvalue weighted by Gasteiger charge is 2.29. The molecule has 3 heteroatoms. The molecule has 1 aliphatic heterocycles. The first kappa shape index (κ1) is 16.3. The van der Waals surface area contributed by atoms with Crippen LogP contribution in [0.25, 0.3) is 0 Å². The fourth-order valence-corrected chi connectivity index (χ4v) is 4.14. The summed E-state index contributed by atoms with van der Waals surface area (Å²) in [6.45, 7) is 9.74. The maximum atomic E-state index is 6.09. The second-order valence-corrected chi connectivity index (χ2v) is 6.83. The Hall–Kier alpha value is -0.120. The SMILES string of the molecule is CCCN(C1CCC(N)CC1)C1CCCN(CC)CC1. The molecule has 0 radical (unpaired) electrons. The van der Waals surface area contributed by atoms with Gasteiger partial charge in [-0.25, -0.2) is 0 Å². The van der Waals surface area contributed by atoms with Crippen LogP contribution in [0.3, 0.4) is 0 Å². The largest absolute Gasteiger partial charge is 0.328 e. The van der Waals surface area contributed by atoms with Crippen molar-refractivity contribution in [1.82, 2.24) is 9.80 Å². The summed E-state index contributed by atoms with van der Waals surface area (Å²) in [5.41, 5.74) is 6.09. The molecular formula is C17H35N3. The van der Waals surface area contributed by atoms with Gasteiger partial charge in [0, 0.05) is 18.1 Å². The molecule has 1 unspecified atom stereocenters. The maximum Gasteiger partial charge on any atom is 0.0111 e. The van der Waals surface area contributed by atoms with Gasteiger partial charge in [-0.2, -0.15) is 0 Å². The Balaban J connectivity index is 1.93. The standard InChI is InChI=1S/C17H35N3/c1-3-12-20(17-9-7-15(18)8-10-17)16-6-5-13-19(4-2)14-11-16/h15-17H,3-14,18H2,1-2H3. The fraction of sp³-hybridized carbons (Fsp3) is 1.00. The molecule has 1 atom stereocenters. The predicted molar refractivity (Wildman–Crippen MR) is 87.0 cm³/mol. The summed E-state index contributed by atoms with van der Waals surface area (Å²) >= 11 is 0. The molecule has 1 heterocycles. The summed E-state index contributed by atoms with van der Waals surface area (Å²) in [6, 6.07) is 2.11. The van der Waals surface area contributed by atoms with Crippen LogP contribution in [0, 0.1) is 0 Å². The van der Waals surface area contributed by atoms with E-state index < -0.39 is 0 Å². The number of hydrogen-bond donors (Lipinski definition) is 1. The molecule has 20 heavy (non-hydrogen) atoms. The first-order chi connectivity index (χ1) is 9.74. The van der Waals surface area contributed by atoms with E-state index in [-0.39, 0.29) is 0 Å². The van der Waals surface area contributed by atoms with Crippen molar-refractivity contribution in [2.45, 2.75) is 83.3 Å². The molecule has 1 saturated carbocycles. The van der Waals surface area contributed by atoms with Gasteiger partial charge in [-0.3, -0.25) is 4.90 Å². The lowest BCUT2D eigenvalue weighted by Gasteiger charge is -2.41. The molecule has 2 fully saturated rings. The zero-order valence-electron chi connectivity index (χ0n) is 13.7. The Morgan fingerprint density at radius 3 is 2.30 bits per heavy atom. The van der Waals surface area contributed by atoms with Gasteiger partial charge in [-0.15, -0.1) is 0 Å². The zero-order chi connectivity index (χ0) is 14.4. The topological polar surface area (TPSA) is 32.5 Å². The quantitative estimate of drug-likeness (QED) is 0.841. The van der Waals surface area contributed by atoms with Gasteiger partial charge in [-0.1, -0.05) is 13.8 Å². The Bertz CT molecular complexity index is 261. The summed E-state index contributed by atoms with van der Waals surface area (Å²) in [7, 11) is 0. The number of hydrogen-bond acceptors (Lipinski definition) is 3. The van der Waals surface area contributed by atoms with Crippen molar-refractivity contribution >= 4 is 0 Å². The lowest BCUT2D eigenvalue weighted by atomic mass is 9.89. The molecule has 3 nitrogen and oxygen atoms in total.